The van der Waals surface area contributed by atoms with Gasteiger partial charge in [-0.05, 0) is 59.7 Å². The zero-order chi connectivity index (χ0) is 27.1. The van der Waals surface area contributed by atoms with Crippen LogP contribution in [0.5, 0.6) is 0 Å². The molecule has 37 heavy (non-hydrogen) atoms. The maximum absolute atomic E-state index is 14.2. The zero-order valence-corrected chi connectivity index (χ0v) is 22.4. The molecule has 2 aliphatic rings. The molecule has 8 nitrogen and oxygen atoms in total. The first-order valence-corrected chi connectivity index (χ1v) is 12.4. The fraction of sp³-hybridized carbons (Fsp3) is 0.379. The van der Waals surface area contributed by atoms with E-state index in [1.54, 1.807) is 25.8 Å². The number of esters is 2. The lowest BCUT2D eigenvalue weighted by Gasteiger charge is -2.49. The van der Waals surface area contributed by atoms with Gasteiger partial charge in [-0.2, -0.15) is 0 Å². The van der Waals surface area contributed by atoms with Crippen LogP contribution in [0.4, 0.5) is 11.4 Å². The maximum atomic E-state index is 14.2. The third-order valence-corrected chi connectivity index (χ3v) is 6.58. The summed E-state index contributed by atoms with van der Waals surface area (Å²) in [5, 5.41) is 0. The van der Waals surface area contributed by atoms with E-state index in [9.17, 15) is 14.4 Å². The van der Waals surface area contributed by atoms with Crippen LogP contribution in [0.2, 0.25) is 0 Å². The summed E-state index contributed by atoms with van der Waals surface area (Å²) in [5.74, 6) is -2.23. The number of ether oxygens (including phenoxy) is 2. The molecule has 0 aliphatic carbocycles. The van der Waals surface area contributed by atoms with Gasteiger partial charge in [0.1, 0.15) is 16.9 Å². The van der Waals surface area contributed by atoms with E-state index >= 15 is 0 Å². The summed E-state index contributed by atoms with van der Waals surface area (Å²) in [4.78, 5) is 49.6. The summed E-state index contributed by atoms with van der Waals surface area (Å²) < 4.78 is 10.8. The second-order valence-corrected chi connectivity index (χ2v) is 10.0. The van der Waals surface area contributed by atoms with Crippen molar-refractivity contribution in [2.24, 2.45) is 4.99 Å². The van der Waals surface area contributed by atoms with Crippen molar-refractivity contribution in [3.63, 3.8) is 0 Å². The number of likely N-dealkylation sites (N-methyl/N-ethyl adjacent to an activating group) is 1. The number of fused-ring (bicyclic) bond motifs is 1. The number of aryl methyl sites for hydroxylation is 1. The number of nitrogens with zero attached hydrogens (tertiary/aromatic N) is 3. The van der Waals surface area contributed by atoms with Gasteiger partial charge in [-0.15, -0.1) is 0 Å². The van der Waals surface area contributed by atoms with E-state index in [0.717, 1.165) is 16.8 Å². The zero-order valence-electron chi connectivity index (χ0n) is 22.4. The summed E-state index contributed by atoms with van der Waals surface area (Å²) in [6.45, 7) is 11.0. The standard InChI is InChI=1S/C29H33N3O5/c1-8-36-26(34)22-23(27(35)37-9-2)29(32(25(22)33)28(4,5)6)24(30-19-16-14-18(3)15-17-19)20-12-10-11-13-21(20)31(29)7/h10-17H,8-9H2,1-7H3. The maximum Gasteiger partial charge on any atom is 0.344 e. The molecule has 2 aromatic rings. The Balaban J connectivity index is 2.16. The van der Waals surface area contributed by atoms with Gasteiger partial charge >= 0.3 is 11.9 Å². The van der Waals surface area contributed by atoms with Crippen LogP contribution in [-0.4, -0.2) is 59.9 Å². The highest BCUT2D eigenvalue weighted by atomic mass is 16.5. The van der Waals surface area contributed by atoms with Crippen LogP contribution < -0.4 is 4.90 Å². The summed E-state index contributed by atoms with van der Waals surface area (Å²) >= 11 is 0. The average molecular weight is 504 g/mol. The van der Waals surface area contributed by atoms with Crippen molar-refractivity contribution >= 4 is 34.9 Å². The highest BCUT2D eigenvalue weighted by molar-refractivity contribution is 6.33. The lowest BCUT2D eigenvalue weighted by molar-refractivity contribution is -0.143. The molecule has 2 heterocycles. The molecule has 0 radical (unpaired) electrons. The number of amides is 1. The van der Waals surface area contributed by atoms with E-state index in [4.69, 9.17) is 14.5 Å². The van der Waals surface area contributed by atoms with Gasteiger partial charge in [-0.1, -0.05) is 35.9 Å². The predicted octanol–water partition coefficient (Wildman–Crippen LogP) is 4.33. The molecule has 1 spiro atoms. The van der Waals surface area contributed by atoms with Crippen molar-refractivity contribution in [2.75, 3.05) is 25.2 Å². The summed E-state index contributed by atoms with van der Waals surface area (Å²) in [6, 6.07) is 15.2. The number of rotatable bonds is 5. The van der Waals surface area contributed by atoms with Gasteiger partial charge in [0.05, 0.1) is 18.9 Å². The minimum Gasteiger partial charge on any atom is -0.462 e. The van der Waals surface area contributed by atoms with Crippen LogP contribution in [0.25, 0.3) is 0 Å². The normalized spacial score (nSPS) is 20.2. The Kier molecular flexibility index (Phi) is 6.71. The molecule has 194 valence electrons. The smallest absolute Gasteiger partial charge is 0.344 e. The van der Waals surface area contributed by atoms with Gasteiger partial charge in [0.15, 0.2) is 5.66 Å². The van der Waals surface area contributed by atoms with Gasteiger partial charge in [-0.3, -0.25) is 4.79 Å². The number of carbonyl (C=O) groups excluding carboxylic acids is 3. The van der Waals surface area contributed by atoms with E-state index in [1.807, 2.05) is 81.1 Å². The van der Waals surface area contributed by atoms with E-state index in [2.05, 4.69) is 0 Å². The average Bonchev–Trinajstić information content (AvgIpc) is 3.25. The summed E-state index contributed by atoms with van der Waals surface area (Å²) in [5.41, 5.74) is 0.919. The van der Waals surface area contributed by atoms with E-state index in [0.29, 0.717) is 11.4 Å². The lowest BCUT2D eigenvalue weighted by atomic mass is 9.88. The molecule has 1 amide bonds. The predicted molar refractivity (Wildman–Crippen MR) is 142 cm³/mol. The Morgan fingerprint density at radius 1 is 0.946 bits per heavy atom. The highest BCUT2D eigenvalue weighted by Crippen LogP contribution is 2.52. The number of hydrogen-bond donors (Lipinski definition) is 0. The first-order valence-electron chi connectivity index (χ1n) is 12.4. The van der Waals surface area contributed by atoms with Gasteiger partial charge in [0.25, 0.3) is 5.91 Å². The fourth-order valence-electron chi connectivity index (χ4n) is 5.20. The van der Waals surface area contributed by atoms with Gasteiger partial charge in [0.2, 0.25) is 0 Å². The number of benzene rings is 2. The summed E-state index contributed by atoms with van der Waals surface area (Å²) in [7, 11) is 1.80. The molecule has 0 aromatic heterocycles. The second kappa shape index (κ2) is 9.50. The third kappa shape index (κ3) is 4.00. The monoisotopic (exact) mass is 503 g/mol. The molecule has 4 rings (SSSR count). The van der Waals surface area contributed by atoms with Crippen molar-refractivity contribution in [2.45, 2.75) is 52.7 Å². The number of hydrogen-bond acceptors (Lipinski definition) is 7. The fourth-order valence-corrected chi connectivity index (χ4v) is 5.20. The molecule has 1 unspecified atom stereocenters. The Bertz CT molecular complexity index is 1320. The van der Waals surface area contributed by atoms with E-state index < -0.39 is 29.0 Å². The Hall–Kier alpha value is -3.94. The topological polar surface area (TPSA) is 88.5 Å². The van der Waals surface area contributed by atoms with Crippen molar-refractivity contribution in [3.8, 4) is 0 Å². The second-order valence-electron chi connectivity index (χ2n) is 10.0. The molecular formula is C29H33N3O5. The molecule has 2 aromatic carbocycles. The minimum absolute atomic E-state index is 0.0502. The molecule has 0 bridgehead atoms. The SMILES string of the molecule is CCOC(=O)C1=C(C(=O)OCC)C2(C(=Nc3ccc(C)cc3)c3ccccc3N2C)N(C(C)(C)C)C1=O. The lowest BCUT2D eigenvalue weighted by Crippen LogP contribution is -2.67. The largest absolute Gasteiger partial charge is 0.462 e. The molecule has 8 heteroatoms. The Labute approximate surface area is 217 Å². The summed E-state index contributed by atoms with van der Waals surface area (Å²) in [6.07, 6.45) is 0. The molecule has 0 fully saturated rings. The van der Waals surface area contributed by atoms with Gasteiger partial charge < -0.3 is 19.3 Å². The number of anilines is 1. The molecule has 0 N–H and O–H groups in total. The van der Waals surface area contributed by atoms with Gasteiger partial charge in [-0.25, -0.2) is 14.6 Å². The van der Waals surface area contributed by atoms with Crippen molar-refractivity contribution < 1.29 is 23.9 Å². The van der Waals surface area contributed by atoms with Crippen LogP contribution in [0.1, 0.15) is 45.7 Å². The van der Waals surface area contributed by atoms with E-state index in [1.165, 1.54) is 0 Å². The number of para-hydroxylation sites is 1. The Morgan fingerprint density at radius 3 is 2.14 bits per heavy atom. The third-order valence-electron chi connectivity index (χ3n) is 6.58. The van der Waals surface area contributed by atoms with Crippen LogP contribution in [0.15, 0.2) is 64.7 Å². The molecule has 2 aliphatic heterocycles. The Morgan fingerprint density at radius 2 is 1.54 bits per heavy atom. The number of aliphatic imine (C=N–C) groups is 1. The molecule has 0 saturated carbocycles. The van der Waals surface area contributed by atoms with Crippen molar-refractivity contribution in [1.29, 1.82) is 0 Å². The van der Waals surface area contributed by atoms with Crippen molar-refractivity contribution in [1.82, 2.24) is 4.90 Å². The van der Waals surface area contributed by atoms with E-state index in [-0.39, 0.29) is 24.4 Å². The van der Waals surface area contributed by atoms with Gasteiger partial charge in [0, 0.05) is 23.8 Å². The molecule has 1 atom stereocenters. The first-order chi connectivity index (χ1) is 17.5. The van der Waals surface area contributed by atoms with Crippen molar-refractivity contribution in [3.05, 3.63) is 70.8 Å². The molecular weight excluding hydrogens is 470 g/mol. The van der Waals surface area contributed by atoms with Crippen LogP contribution in [-0.2, 0) is 23.9 Å². The first kappa shape index (κ1) is 26.1. The van der Waals surface area contributed by atoms with Crippen LogP contribution in [0, 0.1) is 6.92 Å². The van der Waals surface area contributed by atoms with Crippen LogP contribution >= 0.6 is 0 Å². The molecule has 0 saturated heterocycles. The highest BCUT2D eigenvalue weighted by Gasteiger charge is 2.67. The van der Waals surface area contributed by atoms with Crippen LogP contribution in [0.3, 0.4) is 0 Å². The minimum atomic E-state index is -1.54. The number of carbonyl (C=O) groups is 3. The quantitative estimate of drug-likeness (QED) is 0.446.